The highest BCUT2D eigenvalue weighted by Gasteiger charge is 2.42. The topological polar surface area (TPSA) is 64.9 Å². The van der Waals surface area contributed by atoms with Gasteiger partial charge in [-0.3, -0.25) is 4.79 Å². The molecule has 1 aliphatic carbocycles. The molecule has 0 spiro atoms. The Morgan fingerprint density at radius 2 is 2.09 bits per heavy atom. The molecule has 8 heteroatoms. The van der Waals surface area contributed by atoms with Gasteiger partial charge in [-0.05, 0) is 43.9 Å². The minimum absolute atomic E-state index is 0.127. The lowest BCUT2D eigenvalue weighted by Gasteiger charge is -2.23. The van der Waals surface area contributed by atoms with Crippen LogP contribution in [-0.4, -0.2) is 18.0 Å². The van der Waals surface area contributed by atoms with Crippen LogP contribution in [0.4, 0.5) is 18.9 Å². The average Bonchev–Trinajstić information content (AvgIpc) is 3.29. The van der Waals surface area contributed by atoms with Crippen molar-refractivity contribution in [3.05, 3.63) is 28.8 Å². The van der Waals surface area contributed by atoms with Crippen LogP contribution in [0.2, 0.25) is 5.02 Å². The Morgan fingerprint density at radius 1 is 1.43 bits per heavy atom. The number of nitrogens with one attached hydrogen (secondary N) is 2. The smallest absolute Gasteiger partial charge is 0.375 e. The lowest BCUT2D eigenvalue weighted by Crippen LogP contribution is -2.48. The summed E-state index contributed by atoms with van der Waals surface area (Å²) in [5.41, 5.74) is -1.55. The van der Waals surface area contributed by atoms with Crippen molar-refractivity contribution in [2.45, 2.75) is 31.5 Å². The molecule has 23 heavy (non-hydrogen) atoms. The van der Waals surface area contributed by atoms with Gasteiger partial charge < -0.3 is 10.6 Å². The first kappa shape index (κ1) is 17.4. The maximum Gasteiger partial charge on any atom is 0.416 e. The minimum atomic E-state index is -4.47. The normalized spacial score (nSPS) is 17.0. The number of nitrogens with zero attached hydrogens (tertiary/aromatic N) is 1. The van der Waals surface area contributed by atoms with Crippen LogP contribution in [0.3, 0.4) is 0 Å². The maximum absolute atomic E-state index is 12.5. The van der Waals surface area contributed by atoms with E-state index in [1.807, 2.05) is 0 Å². The first-order valence-corrected chi connectivity index (χ1v) is 7.36. The van der Waals surface area contributed by atoms with E-state index in [1.54, 1.807) is 6.92 Å². The number of halogens is 4. The second kappa shape index (κ2) is 6.28. The van der Waals surface area contributed by atoms with Gasteiger partial charge in [-0.1, -0.05) is 11.6 Å². The molecule has 0 saturated heterocycles. The Morgan fingerprint density at radius 3 is 2.57 bits per heavy atom. The monoisotopic (exact) mass is 345 g/mol. The third-order valence-corrected chi connectivity index (χ3v) is 4.07. The van der Waals surface area contributed by atoms with Gasteiger partial charge in [-0.15, -0.1) is 0 Å². The number of anilines is 1. The van der Waals surface area contributed by atoms with Gasteiger partial charge in [-0.2, -0.15) is 18.4 Å². The molecule has 2 N–H and O–H groups in total. The summed E-state index contributed by atoms with van der Waals surface area (Å²) in [4.78, 5) is 11.9. The van der Waals surface area contributed by atoms with Crippen LogP contribution in [0, 0.1) is 17.2 Å². The molecule has 2 rings (SSSR count). The largest absolute Gasteiger partial charge is 0.416 e. The van der Waals surface area contributed by atoms with Crippen molar-refractivity contribution < 1.29 is 18.0 Å². The van der Waals surface area contributed by atoms with Crippen molar-refractivity contribution in [1.82, 2.24) is 5.32 Å². The minimum Gasteiger partial charge on any atom is -0.375 e. The van der Waals surface area contributed by atoms with Crippen molar-refractivity contribution in [3.8, 4) is 6.07 Å². The molecule has 1 fully saturated rings. The molecular formula is C15H15ClF3N3O. The lowest BCUT2D eigenvalue weighted by molar-refractivity contribution is -0.137. The van der Waals surface area contributed by atoms with E-state index in [2.05, 4.69) is 16.7 Å². The standard InChI is InChI=1S/C15H15ClF3N3O/c1-14(8-20,9-2-3-9)22-13(23)7-21-12-5-4-10(6-11(12)16)15(17,18)19/h4-6,9,21H,2-3,7H2,1H3,(H,22,23). The van der Waals surface area contributed by atoms with E-state index in [0.717, 1.165) is 25.0 Å². The van der Waals surface area contributed by atoms with Gasteiger partial charge in [0.25, 0.3) is 0 Å². The number of rotatable bonds is 5. The molecule has 0 bridgehead atoms. The molecule has 4 nitrogen and oxygen atoms in total. The van der Waals surface area contributed by atoms with Crippen LogP contribution in [0.15, 0.2) is 18.2 Å². The third-order valence-electron chi connectivity index (χ3n) is 3.76. The number of alkyl halides is 3. The summed E-state index contributed by atoms with van der Waals surface area (Å²) >= 11 is 5.79. The summed E-state index contributed by atoms with van der Waals surface area (Å²) in [6.07, 6.45) is -2.69. The van der Waals surface area contributed by atoms with E-state index >= 15 is 0 Å². The predicted octanol–water partition coefficient (Wildman–Crippen LogP) is 3.58. The van der Waals surface area contributed by atoms with E-state index in [4.69, 9.17) is 16.9 Å². The number of nitriles is 1. The highest BCUT2D eigenvalue weighted by molar-refractivity contribution is 6.33. The van der Waals surface area contributed by atoms with Crippen LogP contribution >= 0.6 is 11.6 Å². The molecule has 0 radical (unpaired) electrons. The Bertz CT molecular complexity index is 652. The second-order valence-electron chi connectivity index (χ2n) is 5.68. The molecule has 1 aliphatic rings. The number of benzene rings is 1. The first-order valence-electron chi connectivity index (χ1n) is 6.98. The van der Waals surface area contributed by atoms with E-state index in [9.17, 15) is 18.0 Å². The van der Waals surface area contributed by atoms with Crippen molar-refractivity contribution in [3.63, 3.8) is 0 Å². The van der Waals surface area contributed by atoms with Crippen molar-refractivity contribution in [1.29, 1.82) is 5.26 Å². The first-order chi connectivity index (χ1) is 10.7. The molecule has 0 aromatic heterocycles. The van der Waals surface area contributed by atoms with Crippen LogP contribution in [0.5, 0.6) is 0 Å². The Labute approximate surface area is 136 Å². The quantitative estimate of drug-likeness (QED) is 0.857. The summed E-state index contributed by atoms with van der Waals surface area (Å²) in [7, 11) is 0. The van der Waals surface area contributed by atoms with Crippen LogP contribution in [-0.2, 0) is 11.0 Å². The molecule has 0 aliphatic heterocycles. The van der Waals surface area contributed by atoms with Crippen molar-refractivity contribution in [2.75, 3.05) is 11.9 Å². The van der Waals surface area contributed by atoms with Gasteiger partial charge in [0.15, 0.2) is 0 Å². The molecule has 1 atom stereocenters. The molecule has 1 aromatic carbocycles. The summed E-state index contributed by atoms with van der Waals surface area (Å²) in [5, 5.41) is 14.4. The van der Waals surface area contributed by atoms with E-state index in [0.29, 0.717) is 0 Å². The number of amides is 1. The fraction of sp³-hybridized carbons (Fsp3) is 0.467. The van der Waals surface area contributed by atoms with Crippen molar-refractivity contribution in [2.24, 2.45) is 5.92 Å². The van der Waals surface area contributed by atoms with Crippen LogP contribution in [0.1, 0.15) is 25.3 Å². The highest BCUT2D eigenvalue weighted by atomic mass is 35.5. The lowest BCUT2D eigenvalue weighted by atomic mass is 9.98. The van der Waals surface area contributed by atoms with E-state index < -0.39 is 23.2 Å². The molecule has 124 valence electrons. The fourth-order valence-corrected chi connectivity index (χ4v) is 2.47. The molecular weight excluding hydrogens is 331 g/mol. The van der Waals surface area contributed by atoms with Crippen molar-refractivity contribution >= 4 is 23.2 Å². The van der Waals surface area contributed by atoms with Gasteiger partial charge in [0.05, 0.1) is 28.9 Å². The van der Waals surface area contributed by atoms with Gasteiger partial charge in [-0.25, -0.2) is 0 Å². The van der Waals surface area contributed by atoms with E-state index in [1.165, 1.54) is 6.07 Å². The average molecular weight is 346 g/mol. The number of hydrogen-bond acceptors (Lipinski definition) is 3. The third kappa shape index (κ3) is 4.29. The Kier molecular flexibility index (Phi) is 4.76. The molecule has 1 saturated carbocycles. The fourth-order valence-electron chi connectivity index (χ4n) is 2.23. The highest BCUT2D eigenvalue weighted by Crippen LogP contribution is 2.39. The Balaban J connectivity index is 1.96. The summed E-state index contributed by atoms with van der Waals surface area (Å²) < 4.78 is 37.6. The van der Waals surface area contributed by atoms with Crippen LogP contribution in [0.25, 0.3) is 0 Å². The van der Waals surface area contributed by atoms with E-state index in [-0.39, 0.29) is 23.2 Å². The Hall–Kier alpha value is -1.94. The molecule has 1 aromatic rings. The zero-order valence-corrected chi connectivity index (χ0v) is 13.1. The van der Waals surface area contributed by atoms with Gasteiger partial charge in [0.1, 0.15) is 5.54 Å². The zero-order valence-electron chi connectivity index (χ0n) is 12.3. The zero-order chi connectivity index (χ0) is 17.3. The molecule has 1 amide bonds. The van der Waals surface area contributed by atoms with Crippen LogP contribution < -0.4 is 10.6 Å². The molecule has 0 heterocycles. The maximum atomic E-state index is 12.5. The summed E-state index contributed by atoms with van der Waals surface area (Å²) in [6, 6.07) is 4.95. The predicted molar refractivity (Wildman–Crippen MR) is 79.8 cm³/mol. The number of carbonyl (C=O) groups excluding carboxylic acids is 1. The number of hydrogen-bond donors (Lipinski definition) is 2. The van der Waals surface area contributed by atoms with Gasteiger partial charge in [0.2, 0.25) is 5.91 Å². The number of carbonyl (C=O) groups is 1. The molecule has 1 unspecified atom stereocenters. The SMILES string of the molecule is CC(C#N)(NC(=O)CNc1ccc(C(F)(F)F)cc1Cl)C1CC1. The summed E-state index contributed by atoms with van der Waals surface area (Å²) in [5.74, 6) is -0.275. The van der Waals surface area contributed by atoms with Gasteiger partial charge in [0, 0.05) is 0 Å². The van der Waals surface area contributed by atoms with Gasteiger partial charge >= 0.3 is 6.18 Å². The summed E-state index contributed by atoms with van der Waals surface area (Å²) in [6.45, 7) is 1.47. The second-order valence-corrected chi connectivity index (χ2v) is 6.09.